The number of hydrogen-bond donors (Lipinski definition) is 1. The monoisotopic (exact) mass is 506 g/mol. The van der Waals surface area contributed by atoms with E-state index in [1.54, 1.807) is 13.2 Å². The van der Waals surface area contributed by atoms with E-state index in [0.29, 0.717) is 11.8 Å². The van der Waals surface area contributed by atoms with Crippen molar-refractivity contribution in [2.45, 2.75) is 32.2 Å². The molecule has 0 spiro atoms. The Hall–Kier alpha value is -1.79. The number of nitrogens with zero attached hydrogens (tertiary/aromatic N) is 1. The highest BCUT2D eigenvalue weighted by Crippen LogP contribution is 2.33. The highest BCUT2D eigenvalue weighted by molar-refractivity contribution is 9.11. The van der Waals surface area contributed by atoms with Gasteiger partial charge in [0.05, 0.1) is 11.6 Å². The number of halogens is 2. The van der Waals surface area contributed by atoms with E-state index in [1.165, 1.54) is 31.0 Å². The molecule has 2 aromatic rings. The van der Waals surface area contributed by atoms with Crippen LogP contribution in [0.1, 0.15) is 31.7 Å². The fraction of sp³-hybridized carbons (Fsp3) is 0.318. The normalized spacial score (nSPS) is 17.0. The average Bonchev–Trinajstić information content (AvgIpc) is 2.67. The van der Waals surface area contributed by atoms with E-state index in [0.717, 1.165) is 26.7 Å². The SMILES string of the molecule is COc1c(Br)cc(Br)cc1/C=C/C(=O)Nc1ccc(N2CCCC[C@@H]2C)cc1. The fourth-order valence-corrected chi connectivity index (χ4v) is 4.91. The third-order valence-electron chi connectivity index (χ3n) is 4.92. The van der Waals surface area contributed by atoms with Crippen molar-refractivity contribution in [2.75, 3.05) is 23.9 Å². The molecule has 1 atom stereocenters. The zero-order valence-electron chi connectivity index (χ0n) is 16.0. The molecule has 0 bridgehead atoms. The minimum Gasteiger partial charge on any atom is -0.495 e. The van der Waals surface area contributed by atoms with E-state index in [2.05, 4.69) is 61.1 Å². The standard InChI is InChI=1S/C22H24Br2N2O2/c1-15-5-3-4-12-26(15)19-9-7-18(8-10-19)25-21(27)11-6-16-13-17(23)14-20(24)22(16)28-2/h6-11,13-15H,3-5,12H2,1-2H3,(H,25,27)/b11-6+/t15-/m0/s1. The smallest absolute Gasteiger partial charge is 0.248 e. The van der Waals surface area contributed by atoms with Crippen molar-refractivity contribution < 1.29 is 9.53 Å². The van der Waals surface area contributed by atoms with Gasteiger partial charge >= 0.3 is 0 Å². The summed E-state index contributed by atoms with van der Waals surface area (Å²) in [7, 11) is 1.61. The summed E-state index contributed by atoms with van der Waals surface area (Å²) in [6.07, 6.45) is 7.03. The van der Waals surface area contributed by atoms with E-state index in [4.69, 9.17) is 4.74 Å². The summed E-state index contributed by atoms with van der Waals surface area (Å²) in [4.78, 5) is 14.8. The number of amides is 1. The molecule has 1 saturated heterocycles. The van der Waals surface area contributed by atoms with Crippen LogP contribution in [0.25, 0.3) is 6.08 Å². The van der Waals surface area contributed by atoms with Gasteiger partial charge in [-0.05, 0) is 84.6 Å². The predicted octanol–water partition coefficient (Wildman–Crippen LogP) is 6.25. The quantitative estimate of drug-likeness (QED) is 0.486. The Morgan fingerprint density at radius 2 is 1.96 bits per heavy atom. The average molecular weight is 508 g/mol. The molecule has 0 saturated carbocycles. The summed E-state index contributed by atoms with van der Waals surface area (Å²) >= 11 is 6.93. The molecule has 1 fully saturated rings. The molecule has 0 aliphatic carbocycles. The minimum atomic E-state index is -0.183. The number of methoxy groups -OCH3 is 1. The van der Waals surface area contributed by atoms with Crippen LogP contribution in [0.3, 0.4) is 0 Å². The van der Waals surface area contributed by atoms with E-state index in [-0.39, 0.29) is 5.91 Å². The number of carbonyl (C=O) groups excluding carboxylic acids is 1. The maximum absolute atomic E-state index is 12.3. The molecule has 2 aromatic carbocycles. The molecule has 4 nitrogen and oxygen atoms in total. The van der Waals surface area contributed by atoms with Crippen molar-refractivity contribution in [3.63, 3.8) is 0 Å². The molecule has 28 heavy (non-hydrogen) atoms. The Morgan fingerprint density at radius 1 is 1.21 bits per heavy atom. The van der Waals surface area contributed by atoms with Gasteiger partial charge < -0.3 is 15.0 Å². The Morgan fingerprint density at radius 3 is 2.64 bits per heavy atom. The van der Waals surface area contributed by atoms with Crippen LogP contribution in [0.15, 0.2) is 51.4 Å². The van der Waals surface area contributed by atoms with Crippen molar-refractivity contribution >= 4 is 55.2 Å². The van der Waals surface area contributed by atoms with Gasteiger partial charge in [-0.1, -0.05) is 15.9 Å². The van der Waals surface area contributed by atoms with Gasteiger partial charge in [0.25, 0.3) is 0 Å². The highest BCUT2D eigenvalue weighted by Gasteiger charge is 2.18. The Balaban J connectivity index is 1.66. The molecule has 1 aliphatic heterocycles. The van der Waals surface area contributed by atoms with Crippen molar-refractivity contribution in [1.82, 2.24) is 0 Å². The number of anilines is 2. The number of ether oxygens (including phenoxy) is 1. The summed E-state index contributed by atoms with van der Waals surface area (Å²) in [5.74, 6) is 0.504. The molecule has 0 radical (unpaired) electrons. The molecular formula is C22H24Br2N2O2. The summed E-state index contributed by atoms with van der Waals surface area (Å²) in [6.45, 7) is 3.37. The summed E-state index contributed by atoms with van der Waals surface area (Å²) < 4.78 is 7.14. The first-order valence-corrected chi connectivity index (χ1v) is 11.0. The lowest BCUT2D eigenvalue weighted by Crippen LogP contribution is -2.37. The maximum Gasteiger partial charge on any atom is 0.248 e. The first-order chi connectivity index (χ1) is 13.5. The number of rotatable bonds is 5. The predicted molar refractivity (Wildman–Crippen MR) is 123 cm³/mol. The highest BCUT2D eigenvalue weighted by atomic mass is 79.9. The van der Waals surface area contributed by atoms with Crippen molar-refractivity contribution in [2.24, 2.45) is 0 Å². The molecule has 1 aliphatic rings. The summed E-state index contributed by atoms with van der Waals surface area (Å²) in [5.41, 5.74) is 2.81. The van der Waals surface area contributed by atoms with Crippen LogP contribution in [-0.2, 0) is 4.79 Å². The van der Waals surface area contributed by atoms with Crippen LogP contribution in [-0.4, -0.2) is 25.6 Å². The zero-order chi connectivity index (χ0) is 20.1. The first-order valence-electron chi connectivity index (χ1n) is 9.36. The van der Waals surface area contributed by atoms with E-state index in [9.17, 15) is 4.79 Å². The molecule has 3 rings (SSSR count). The maximum atomic E-state index is 12.3. The zero-order valence-corrected chi connectivity index (χ0v) is 19.2. The van der Waals surface area contributed by atoms with Gasteiger partial charge in [-0.15, -0.1) is 0 Å². The lowest BCUT2D eigenvalue weighted by atomic mass is 10.0. The van der Waals surface area contributed by atoms with Crippen molar-refractivity contribution in [3.05, 3.63) is 57.0 Å². The van der Waals surface area contributed by atoms with E-state index >= 15 is 0 Å². The topological polar surface area (TPSA) is 41.6 Å². The molecule has 1 N–H and O–H groups in total. The van der Waals surface area contributed by atoms with Gasteiger partial charge in [0.15, 0.2) is 0 Å². The summed E-state index contributed by atoms with van der Waals surface area (Å²) in [5, 5.41) is 2.91. The largest absolute Gasteiger partial charge is 0.495 e. The lowest BCUT2D eigenvalue weighted by molar-refractivity contribution is -0.111. The number of hydrogen-bond acceptors (Lipinski definition) is 3. The van der Waals surface area contributed by atoms with Gasteiger partial charge in [-0.25, -0.2) is 0 Å². The second-order valence-corrected chi connectivity index (χ2v) is 8.69. The second kappa shape index (κ2) is 9.61. The third-order valence-corrected chi connectivity index (χ3v) is 5.97. The molecular weight excluding hydrogens is 484 g/mol. The van der Waals surface area contributed by atoms with Crippen LogP contribution in [0.4, 0.5) is 11.4 Å². The molecule has 0 unspecified atom stereocenters. The van der Waals surface area contributed by atoms with Gasteiger partial charge in [0.1, 0.15) is 5.75 Å². The first kappa shape index (κ1) is 20.9. The van der Waals surface area contributed by atoms with Crippen LogP contribution in [0, 0.1) is 0 Å². The summed E-state index contributed by atoms with van der Waals surface area (Å²) in [6, 6.07) is 12.4. The Labute approximate surface area is 183 Å². The van der Waals surface area contributed by atoms with Gasteiger partial charge in [0, 0.05) is 40.1 Å². The molecule has 6 heteroatoms. The van der Waals surface area contributed by atoms with Gasteiger partial charge in [-0.3, -0.25) is 4.79 Å². The van der Waals surface area contributed by atoms with Crippen molar-refractivity contribution in [1.29, 1.82) is 0 Å². The minimum absolute atomic E-state index is 0.183. The fourth-order valence-electron chi connectivity index (χ4n) is 3.49. The lowest BCUT2D eigenvalue weighted by Gasteiger charge is -2.35. The number of nitrogens with one attached hydrogen (secondary N) is 1. The van der Waals surface area contributed by atoms with Crippen LogP contribution in [0.5, 0.6) is 5.75 Å². The van der Waals surface area contributed by atoms with Gasteiger partial charge in [0.2, 0.25) is 5.91 Å². The van der Waals surface area contributed by atoms with E-state index < -0.39 is 0 Å². The van der Waals surface area contributed by atoms with Crippen LogP contribution >= 0.6 is 31.9 Å². The molecule has 1 heterocycles. The third kappa shape index (κ3) is 5.17. The van der Waals surface area contributed by atoms with Crippen molar-refractivity contribution in [3.8, 4) is 5.75 Å². The van der Waals surface area contributed by atoms with Crippen LogP contribution in [0.2, 0.25) is 0 Å². The molecule has 1 amide bonds. The molecule has 148 valence electrons. The Kier molecular flexibility index (Phi) is 7.18. The molecule has 0 aromatic heterocycles. The van der Waals surface area contributed by atoms with Gasteiger partial charge in [-0.2, -0.15) is 0 Å². The number of carbonyl (C=O) groups is 1. The number of piperidine rings is 1. The number of benzene rings is 2. The Bertz CT molecular complexity index is 866. The van der Waals surface area contributed by atoms with Crippen LogP contribution < -0.4 is 15.0 Å². The van der Waals surface area contributed by atoms with E-state index in [1.807, 2.05) is 24.3 Å². The second-order valence-electron chi connectivity index (χ2n) is 6.92.